The van der Waals surface area contributed by atoms with Crippen molar-refractivity contribution in [1.82, 2.24) is 9.13 Å². The van der Waals surface area contributed by atoms with Crippen LogP contribution in [0.2, 0.25) is 0 Å². The van der Waals surface area contributed by atoms with Crippen molar-refractivity contribution >= 4 is 0 Å². The maximum absolute atomic E-state index is 12.2. The Balaban J connectivity index is 2.26. The van der Waals surface area contributed by atoms with Crippen molar-refractivity contribution in [2.45, 2.75) is 46.3 Å². The lowest BCUT2D eigenvalue weighted by Crippen LogP contribution is -2.29. The van der Waals surface area contributed by atoms with E-state index in [-0.39, 0.29) is 17.8 Å². The summed E-state index contributed by atoms with van der Waals surface area (Å²) in [4.78, 5) is 12.2. The highest BCUT2D eigenvalue weighted by Crippen LogP contribution is 2.18. The molecule has 1 aromatic carbocycles. The Labute approximate surface area is 119 Å². The number of nitrogens with zero attached hydrogens (tertiary/aromatic N) is 2. The van der Waals surface area contributed by atoms with Crippen LogP contribution in [0.3, 0.4) is 0 Å². The van der Waals surface area contributed by atoms with Crippen molar-refractivity contribution in [1.29, 1.82) is 0 Å². The highest BCUT2D eigenvalue weighted by atomic mass is 16.1. The Bertz CT molecular complexity index is 652. The average molecular weight is 273 g/mol. The van der Waals surface area contributed by atoms with Gasteiger partial charge in [0.25, 0.3) is 0 Å². The number of nitrogens with two attached hydrogens (primary N) is 1. The minimum Gasteiger partial charge on any atom is -0.322 e. The Morgan fingerprint density at radius 1 is 1.20 bits per heavy atom. The third kappa shape index (κ3) is 2.85. The Hall–Kier alpha value is -1.81. The van der Waals surface area contributed by atoms with Gasteiger partial charge in [0.05, 0.1) is 0 Å². The number of hydrogen-bond acceptors (Lipinski definition) is 2. The lowest BCUT2D eigenvalue weighted by atomic mass is 9.99. The molecule has 4 heteroatoms. The van der Waals surface area contributed by atoms with Crippen LogP contribution in [-0.2, 0) is 6.54 Å². The number of rotatable bonds is 4. The molecule has 0 radical (unpaired) electrons. The quantitative estimate of drug-likeness (QED) is 0.930. The van der Waals surface area contributed by atoms with E-state index in [1.54, 1.807) is 9.13 Å². The van der Waals surface area contributed by atoms with Gasteiger partial charge < -0.3 is 5.73 Å². The van der Waals surface area contributed by atoms with Gasteiger partial charge in [-0.1, -0.05) is 23.8 Å². The fraction of sp³-hybridized carbons (Fsp3) is 0.438. The molecule has 0 spiro atoms. The average Bonchev–Trinajstić information content (AvgIpc) is 2.74. The van der Waals surface area contributed by atoms with Crippen LogP contribution in [0.25, 0.3) is 0 Å². The molecule has 0 aliphatic carbocycles. The second-order valence-electron chi connectivity index (χ2n) is 5.70. The maximum Gasteiger partial charge on any atom is 0.328 e. The third-order valence-electron chi connectivity index (χ3n) is 3.66. The second-order valence-corrected chi connectivity index (χ2v) is 5.70. The van der Waals surface area contributed by atoms with Crippen molar-refractivity contribution in [3.8, 4) is 0 Å². The van der Waals surface area contributed by atoms with Gasteiger partial charge in [-0.3, -0.25) is 9.13 Å². The molecular weight excluding hydrogens is 250 g/mol. The van der Waals surface area contributed by atoms with Gasteiger partial charge in [0.2, 0.25) is 0 Å². The first-order valence-electron chi connectivity index (χ1n) is 7.00. The minimum absolute atomic E-state index is 0.000700. The van der Waals surface area contributed by atoms with Crippen LogP contribution in [0, 0.1) is 13.8 Å². The Kier molecular flexibility index (Phi) is 4.14. The number of hydrogen-bond donors (Lipinski definition) is 1. The fourth-order valence-electron chi connectivity index (χ4n) is 2.43. The Morgan fingerprint density at radius 3 is 2.50 bits per heavy atom. The summed E-state index contributed by atoms with van der Waals surface area (Å²) in [5, 5.41) is 0. The summed E-state index contributed by atoms with van der Waals surface area (Å²) < 4.78 is 3.41. The second kappa shape index (κ2) is 5.67. The zero-order chi connectivity index (χ0) is 14.9. The summed E-state index contributed by atoms with van der Waals surface area (Å²) >= 11 is 0. The van der Waals surface area contributed by atoms with Gasteiger partial charge in [-0.15, -0.1) is 0 Å². The summed E-state index contributed by atoms with van der Waals surface area (Å²) in [6.07, 6.45) is 3.64. The van der Waals surface area contributed by atoms with E-state index in [4.69, 9.17) is 5.73 Å². The highest BCUT2D eigenvalue weighted by molar-refractivity contribution is 5.32. The van der Waals surface area contributed by atoms with Crippen LogP contribution in [-0.4, -0.2) is 9.13 Å². The van der Waals surface area contributed by atoms with Crippen molar-refractivity contribution in [2.75, 3.05) is 0 Å². The smallest absolute Gasteiger partial charge is 0.322 e. The van der Waals surface area contributed by atoms with Crippen LogP contribution in [0.1, 0.15) is 42.6 Å². The van der Waals surface area contributed by atoms with E-state index in [0.717, 1.165) is 5.56 Å². The summed E-state index contributed by atoms with van der Waals surface area (Å²) in [5.41, 5.74) is 9.74. The predicted octanol–water partition coefficient (Wildman–Crippen LogP) is 2.55. The van der Waals surface area contributed by atoms with E-state index in [0.29, 0.717) is 6.54 Å². The first kappa shape index (κ1) is 14.6. The molecule has 2 rings (SSSR count). The van der Waals surface area contributed by atoms with Crippen LogP contribution in [0.5, 0.6) is 0 Å². The number of aryl methyl sites for hydroxylation is 2. The molecule has 0 bridgehead atoms. The molecule has 4 nitrogen and oxygen atoms in total. The fourth-order valence-corrected chi connectivity index (χ4v) is 2.43. The molecule has 1 heterocycles. The summed E-state index contributed by atoms with van der Waals surface area (Å²) in [6.45, 7) is 8.60. The van der Waals surface area contributed by atoms with E-state index in [1.807, 2.05) is 26.2 Å². The molecule has 0 saturated heterocycles. The van der Waals surface area contributed by atoms with Crippen LogP contribution in [0.15, 0.2) is 35.4 Å². The molecule has 1 aromatic heterocycles. The maximum atomic E-state index is 12.2. The molecule has 0 aliphatic rings. The van der Waals surface area contributed by atoms with Gasteiger partial charge in [0.1, 0.15) is 0 Å². The lowest BCUT2D eigenvalue weighted by molar-refractivity contribution is 0.519. The largest absolute Gasteiger partial charge is 0.328 e. The lowest BCUT2D eigenvalue weighted by Gasteiger charge is -2.16. The molecule has 1 atom stereocenters. The van der Waals surface area contributed by atoms with E-state index in [2.05, 4.69) is 32.0 Å². The number of aromatic nitrogens is 2. The molecule has 0 aliphatic heterocycles. The molecular formula is C16H23N3O. The molecule has 0 saturated carbocycles. The minimum atomic E-state index is -0.171. The molecule has 2 aromatic rings. The zero-order valence-electron chi connectivity index (χ0n) is 12.6. The number of benzene rings is 1. The van der Waals surface area contributed by atoms with E-state index in [9.17, 15) is 4.79 Å². The zero-order valence-corrected chi connectivity index (χ0v) is 12.6. The molecule has 1 unspecified atom stereocenters. The van der Waals surface area contributed by atoms with Crippen LogP contribution >= 0.6 is 0 Å². The third-order valence-corrected chi connectivity index (χ3v) is 3.66. The summed E-state index contributed by atoms with van der Waals surface area (Å²) in [6, 6.07) is 6.25. The molecule has 0 amide bonds. The van der Waals surface area contributed by atoms with Crippen molar-refractivity contribution in [2.24, 2.45) is 5.73 Å². The van der Waals surface area contributed by atoms with E-state index in [1.165, 1.54) is 11.1 Å². The van der Waals surface area contributed by atoms with E-state index < -0.39 is 0 Å². The van der Waals surface area contributed by atoms with Crippen molar-refractivity contribution < 1.29 is 0 Å². The molecule has 108 valence electrons. The topological polar surface area (TPSA) is 52.9 Å². The molecule has 2 N–H and O–H groups in total. The van der Waals surface area contributed by atoms with Gasteiger partial charge in [-0.25, -0.2) is 4.79 Å². The van der Waals surface area contributed by atoms with Gasteiger partial charge in [0.15, 0.2) is 0 Å². The van der Waals surface area contributed by atoms with Crippen LogP contribution < -0.4 is 11.4 Å². The molecule has 20 heavy (non-hydrogen) atoms. The SMILES string of the molecule is Cc1ccc(C)c(C(N)Cn2ccn(C(C)C)c2=O)c1. The van der Waals surface area contributed by atoms with Crippen LogP contribution in [0.4, 0.5) is 0 Å². The van der Waals surface area contributed by atoms with E-state index >= 15 is 0 Å². The summed E-state index contributed by atoms with van der Waals surface area (Å²) in [7, 11) is 0. The molecule has 0 fully saturated rings. The van der Waals surface area contributed by atoms with Gasteiger partial charge >= 0.3 is 5.69 Å². The van der Waals surface area contributed by atoms with Gasteiger partial charge in [-0.05, 0) is 38.8 Å². The Morgan fingerprint density at radius 2 is 1.90 bits per heavy atom. The monoisotopic (exact) mass is 273 g/mol. The normalized spacial score (nSPS) is 12.9. The van der Waals surface area contributed by atoms with Gasteiger partial charge in [0, 0.05) is 31.0 Å². The predicted molar refractivity (Wildman–Crippen MR) is 81.9 cm³/mol. The summed E-state index contributed by atoms with van der Waals surface area (Å²) in [5.74, 6) is 0. The standard InChI is InChI=1S/C16H23N3O/c1-11(2)19-8-7-18(16(19)20)10-15(17)14-9-12(3)5-6-13(14)4/h5-9,11,15H,10,17H2,1-4H3. The highest BCUT2D eigenvalue weighted by Gasteiger charge is 2.13. The number of imidazole rings is 1. The first-order chi connectivity index (χ1) is 9.40. The van der Waals surface area contributed by atoms with Crippen molar-refractivity contribution in [3.63, 3.8) is 0 Å². The van der Waals surface area contributed by atoms with Crippen molar-refractivity contribution in [3.05, 3.63) is 57.8 Å². The van der Waals surface area contributed by atoms with Gasteiger partial charge in [-0.2, -0.15) is 0 Å². The first-order valence-corrected chi connectivity index (χ1v) is 7.00.